The molecule has 22 heavy (non-hydrogen) atoms. The monoisotopic (exact) mass is 373 g/mol. The van der Waals surface area contributed by atoms with E-state index in [1.807, 2.05) is 0 Å². The van der Waals surface area contributed by atoms with Crippen molar-refractivity contribution < 1.29 is 32.2 Å². The van der Waals surface area contributed by atoms with E-state index < -0.39 is 43.8 Å². The van der Waals surface area contributed by atoms with Crippen molar-refractivity contribution in [1.29, 1.82) is 0 Å². The summed E-state index contributed by atoms with van der Waals surface area (Å²) in [5, 5.41) is 35.4. The summed E-state index contributed by atoms with van der Waals surface area (Å²) in [6.45, 7) is -0.523. The lowest BCUT2D eigenvalue weighted by molar-refractivity contribution is -0.152. The summed E-state index contributed by atoms with van der Waals surface area (Å²) in [6.07, 6.45) is -0.299. The summed E-state index contributed by atoms with van der Waals surface area (Å²) in [5.41, 5.74) is 3.32. The van der Waals surface area contributed by atoms with Gasteiger partial charge in [-0.1, -0.05) is 0 Å². The largest absolute Gasteiger partial charge is 0.377 e. The van der Waals surface area contributed by atoms with Gasteiger partial charge < -0.3 is 20.6 Å². The van der Waals surface area contributed by atoms with Gasteiger partial charge in [-0.05, 0) is 6.07 Å². The fraction of sp³-hybridized carbons (Fsp3) is 0.556. The number of nitrogens with one attached hydrogen (secondary N) is 1. The minimum Gasteiger partial charge on any atom is -0.377 e. The lowest BCUT2D eigenvalue weighted by atomic mass is 10.1. The third-order valence-electron chi connectivity index (χ3n) is 3.02. The van der Waals surface area contributed by atoms with Gasteiger partial charge >= 0.3 is 0 Å². The molecule has 0 amide bonds. The second-order valence-corrected chi connectivity index (χ2v) is 10.0. The van der Waals surface area contributed by atoms with Crippen LogP contribution in [0, 0.1) is 0 Å². The fourth-order valence-electron chi connectivity index (χ4n) is 2.02. The Morgan fingerprint density at radius 2 is 2.05 bits per heavy atom. The predicted octanol–water partition coefficient (Wildman–Crippen LogP) is -2.88. The van der Waals surface area contributed by atoms with Crippen molar-refractivity contribution >= 4 is 31.2 Å². The molecule has 8 N–H and O–H groups in total. The lowest BCUT2D eigenvalue weighted by Gasteiger charge is -2.28. The maximum Gasteiger partial charge on any atom is 0.247 e. The number of rotatable bonds is 4. The van der Waals surface area contributed by atoms with Gasteiger partial charge in [0, 0.05) is 18.0 Å². The molecular weight excluding hydrogens is 358 g/mol. The SMILES string of the molecule is NC(O)(O)CNC1CC(O)S(=O)(=O)c2sc(S(N)(=O)=O)cc21. The predicted molar refractivity (Wildman–Crippen MR) is 75.6 cm³/mol. The number of primary sulfonamides is 1. The van der Waals surface area contributed by atoms with Crippen LogP contribution in [0.4, 0.5) is 0 Å². The molecule has 1 aromatic rings. The molecule has 0 saturated carbocycles. The van der Waals surface area contributed by atoms with E-state index in [1.54, 1.807) is 0 Å². The third kappa shape index (κ3) is 3.47. The molecule has 126 valence electrons. The highest BCUT2D eigenvalue weighted by Gasteiger charge is 2.41. The molecule has 1 aromatic heterocycles. The highest BCUT2D eigenvalue weighted by atomic mass is 32.3. The smallest absolute Gasteiger partial charge is 0.247 e. The van der Waals surface area contributed by atoms with Crippen LogP contribution < -0.4 is 16.2 Å². The van der Waals surface area contributed by atoms with Gasteiger partial charge in [-0.25, -0.2) is 22.0 Å². The summed E-state index contributed by atoms with van der Waals surface area (Å²) in [7, 11) is -8.20. The van der Waals surface area contributed by atoms with Crippen molar-refractivity contribution in [1.82, 2.24) is 5.32 Å². The Balaban J connectivity index is 2.48. The minimum atomic E-state index is -4.11. The molecule has 2 heterocycles. The van der Waals surface area contributed by atoms with Crippen LogP contribution in [-0.2, 0) is 19.9 Å². The van der Waals surface area contributed by atoms with Gasteiger partial charge in [-0.15, -0.1) is 11.3 Å². The standard InChI is InChI=1S/C9H15N3O7S3/c10-9(14,15)3-12-5-2-6(13)21(16,17)8-4(5)1-7(20-8)22(11,18)19/h1,5-6,12-15H,2-3,10H2,(H2,11,18,19). The Bertz CT molecular complexity index is 778. The highest BCUT2D eigenvalue weighted by Crippen LogP contribution is 2.41. The molecule has 2 atom stereocenters. The van der Waals surface area contributed by atoms with Gasteiger partial charge in [-0.2, -0.15) is 0 Å². The van der Waals surface area contributed by atoms with Crippen molar-refractivity contribution in [3.63, 3.8) is 0 Å². The summed E-state index contributed by atoms with van der Waals surface area (Å²) >= 11 is 0.433. The summed E-state index contributed by atoms with van der Waals surface area (Å²) in [5.74, 6) is -2.54. The molecule has 0 aromatic carbocycles. The molecule has 0 saturated heterocycles. The summed E-state index contributed by atoms with van der Waals surface area (Å²) in [4.78, 5) is 0. The van der Waals surface area contributed by atoms with E-state index in [4.69, 9.17) is 21.1 Å². The van der Waals surface area contributed by atoms with Gasteiger partial charge in [0.1, 0.15) is 8.42 Å². The fourth-order valence-corrected chi connectivity index (χ4v) is 6.16. The Hall–Kier alpha value is -0.640. The first kappa shape index (κ1) is 17.7. The maximum absolute atomic E-state index is 12.1. The van der Waals surface area contributed by atoms with E-state index in [0.717, 1.165) is 6.07 Å². The van der Waals surface area contributed by atoms with Crippen LogP contribution in [0.15, 0.2) is 14.5 Å². The molecule has 0 bridgehead atoms. The van der Waals surface area contributed by atoms with Crippen LogP contribution in [0.2, 0.25) is 0 Å². The number of hydrogen-bond donors (Lipinski definition) is 6. The Labute approximate surface area is 130 Å². The number of nitrogens with two attached hydrogens (primary N) is 2. The average molecular weight is 373 g/mol. The summed E-state index contributed by atoms with van der Waals surface area (Å²) in [6, 6.07) is 0.256. The van der Waals surface area contributed by atoms with E-state index >= 15 is 0 Å². The van der Waals surface area contributed by atoms with E-state index in [-0.39, 0.29) is 20.4 Å². The number of fused-ring (bicyclic) bond motifs is 1. The van der Waals surface area contributed by atoms with Crippen molar-refractivity contribution in [3.8, 4) is 0 Å². The van der Waals surface area contributed by atoms with Gasteiger partial charge in [0.05, 0.1) is 6.54 Å². The van der Waals surface area contributed by atoms with Crippen LogP contribution in [0.25, 0.3) is 0 Å². The Morgan fingerprint density at radius 1 is 1.45 bits per heavy atom. The average Bonchev–Trinajstić information content (AvgIpc) is 2.77. The first-order valence-electron chi connectivity index (χ1n) is 5.88. The number of sulfonamides is 1. The molecule has 0 radical (unpaired) electrons. The molecule has 0 aliphatic carbocycles. The van der Waals surface area contributed by atoms with Gasteiger partial charge in [-0.3, -0.25) is 5.73 Å². The molecule has 1 aliphatic heterocycles. The number of thiophene rings is 1. The zero-order valence-electron chi connectivity index (χ0n) is 11.0. The molecule has 0 fully saturated rings. The summed E-state index contributed by atoms with van der Waals surface area (Å²) < 4.78 is 46.2. The van der Waals surface area contributed by atoms with Crippen LogP contribution in [-0.4, -0.2) is 50.0 Å². The van der Waals surface area contributed by atoms with E-state index in [9.17, 15) is 21.9 Å². The molecule has 2 rings (SSSR count). The van der Waals surface area contributed by atoms with Crippen molar-refractivity contribution in [3.05, 3.63) is 11.6 Å². The van der Waals surface area contributed by atoms with E-state index in [0.29, 0.717) is 11.3 Å². The second kappa shape index (κ2) is 5.47. The highest BCUT2D eigenvalue weighted by molar-refractivity contribution is 7.95. The minimum absolute atomic E-state index is 0.0866. The Kier molecular flexibility index (Phi) is 4.40. The molecule has 10 nitrogen and oxygen atoms in total. The third-order valence-corrected chi connectivity index (χ3v) is 7.99. The number of aliphatic hydroxyl groups is 3. The van der Waals surface area contributed by atoms with Crippen molar-refractivity contribution in [2.45, 2.75) is 32.2 Å². The van der Waals surface area contributed by atoms with Gasteiger partial charge in [0.25, 0.3) is 0 Å². The number of aliphatic hydroxyl groups excluding tert-OH is 1. The van der Waals surface area contributed by atoms with Crippen molar-refractivity contribution in [2.24, 2.45) is 10.9 Å². The first-order chi connectivity index (χ1) is 9.82. The molecule has 13 heteroatoms. The van der Waals surface area contributed by atoms with Gasteiger partial charge in [0.15, 0.2) is 5.44 Å². The van der Waals surface area contributed by atoms with E-state index in [1.165, 1.54) is 0 Å². The maximum atomic E-state index is 12.1. The molecule has 0 spiro atoms. The Morgan fingerprint density at radius 3 is 2.55 bits per heavy atom. The lowest BCUT2D eigenvalue weighted by Crippen LogP contribution is -2.50. The zero-order chi connectivity index (χ0) is 16.9. The number of sulfone groups is 1. The van der Waals surface area contributed by atoms with Crippen LogP contribution in [0.5, 0.6) is 0 Å². The van der Waals surface area contributed by atoms with Crippen LogP contribution in [0.3, 0.4) is 0 Å². The molecule has 1 aliphatic rings. The molecule has 2 unspecified atom stereocenters. The van der Waals surface area contributed by atoms with Crippen LogP contribution in [0.1, 0.15) is 18.0 Å². The molecular formula is C9H15N3O7S3. The van der Waals surface area contributed by atoms with E-state index in [2.05, 4.69) is 5.32 Å². The first-order valence-corrected chi connectivity index (χ1v) is 9.79. The number of hydrogen-bond acceptors (Lipinski definition) is 10. The quantitative estimate of drug-likeness (QED) is 0.301. The zero-order valence-corrected chi connectivity index (χ0v) is 13.4. The van der Waals surface area contributed by atoms with Crippen LogP contribution >= 0.6 is 11.3 Å². The van der Waals surface area contributed by atoms with Gasteiger partial charge in [0.2, 0.25) is 25.8 Å². The van der Waals surface area contributed by atoms with Crippen molar-refractivity contribution in [2.75, 3.05) is 6.54 Å². The topological polar surface area (TPSA) is 193 Å². The normalized spacial score (nSPS) is 25.0. The second-order valence-electron chi connectivity index (χ2n) is 4.90.